The summed E-state index contributed by atoms with van der Waals surface area (Å²) in [5, 5.41) is 2.07. The molecule has 0 fully saturated rings. The molecule has 2 heteroatoms. The summed E-state index contributed by atoms with van der Waals surface area (Å²) in [5.41, 5.74) is 0.653. The van der Waals surface area contributed by atoms with Crippen LogP contribution in [0, 0.1) is 0 Å². The van der Waals surface area contributed by atoms with E-state index in [-0.39, 0.29) is 0 Å². The maximum atomic E-state index is 10.5. The molecule has 11 heavy (non-hydrogen) atoms. The van der Waals surface area contributed by atoms with Crippen molar-refractivity contribution < 1.29 is 4.79 Å². The molecule has 54 valence electrons. The Balaban J connectivity index is 2.86. The van der Waals surface area contributed by atoms with E-state index in [4.69, 9.17) is 0 Å². The zero-order valence-corrected chi connectivity index (χ0v) is 5.87. The zero-order chi connectivity index (χ0) is 7.68. The van der Waals surface area contributed by atoms with E-state index in [0.29, 0.717) is 5.69 Å². The van der Waals surface area contributed by atoms with Crippen LogP contribution >= 0.6 is 0 Å². The van der Waals surface area contributed by atoms with E-state index < -0.39 is 0 Å². The lowest BCUT2D eigenvalue weighted by Gasteiger charge is -1.86. The first kappa shape index (κ1) is 6.16. The summed E-state index contributed by atoms with van der Waals surface area (Å²) >= 11 is 0. The Morgan fingerprint density at radius 1 is 1.27 bits per heavy atom. The number of aldehydes is 1. The lowest BCUT2D eigenvalue weighted by molar-refractivity contribution is 0.112. The Kier molecular flexibility index (Phi) is 1.25. The molecule has 2 nitrogen and oxygen atoms in total. The summed E-state index contributed by atoms with van der Waals surface area (Å²) in [6.07, 6.45) is 2.67. The number of nitrogens with one attached hydrogen (secondary N) is 1. The minimum absolute atomic E-state index is 0.653. The van der Waals surface area contributed by atoms with Gasteiger partial charge in [0.15, 0.2) is 6.29 Å². The Morgan fingerprint density at radius 3 is 2.91 bits per heavy atom. The molecule has 1 N–H and O–H groups in total. The van der Waals surface area contributed by atoms with Crippen molar-refractivity contribution in [3.8, 4) is 0 Å². The largest absolute Gasteiger partial charge is 0.358 e. The van der Waals surface area contributed by atoms with Gasteiger partial charge in [0, 0.05) is 11.6 Å². The van der Waals surface area contributed by atoms with Crippen LogP contribution in [0.4, 0.5) is 0 Å². The van der Waals surface area contributed by atoms with Gasteiger partial charge in [0.2, 0.25) is 0 Å². The highest BCUT2D eigenvalue weighted by atomic mass is 16.1. The summed E-state index contributed by atoms with van der Waals surface area (Å²) in [7, 11) is 0. The zero-order valence-electron chi connectivity index (χ0n) is 5.87. The van der Waals surface area contributed by atoms with Crippen molar-refractivity contribution >= 4 is 17.1 Å². The molecular formula is C9H7NO. The lowest BCUT2D eigenvalue weighted by Crippen LogP contribution is -1.76. The number of carbonyl (C=O) groups is 1. The molecule has 1 aromatic carbocycles. The van der Waals surface area contributed by atoms with Crippen molar-refractivity contribution in [2.75, 3.05) is 0 Å². The second kappa shape index (κ2) is 2.23. The van der Waals surface area contributed by atoms with Crippen LogP contribution in [0.5, 0.6) is 0 Å². The van der Waals surface area contributed by atoms with Gasteiger partial charge in [-0.3, -0.25) is 4.79 Å². The van der Waals surface area contributed by atoms with Crippen molar-refractivity contribution in [2.45, 2.75) is 0 Å². The molecule has 0 saturated carbocycles. The first-order valence-corrected chi connectivity index (χ1v) is 3.43. The van der Waals surface area contributed by atoms with Gasteiger partial charge in [0.25, 0.3) is 0 Å². The highest BCUT2D eigenvalue weighted by molar-refractivity contribution is 5.96. The quantitative estimate of drug-likeness (QED) is 0.611. The standard InChI is InChI=1S/C9H7NO/c11-6-9-8-4-2-1-3-7(8)5-10-9/h1-6,10H. The minimum atomic E-state index is 0.653. The summed E-state index contributed by atoms with van der Waals surface area (Å²) in [5.74, 6) is 0. The van der Waals surface area contributed by atoms with Crippen LogP contribution in [-0.4, -0.2) is 11.3 Å². The molecule has 0 aliphatic rings. The second-order valence-electron chi connectivity index (χ2n) is 2.41. The van der Waals surface area contributed by atoms with E-state index >= 15 is 0 Å². The molecule has 2 aromatic rings. The number of fused-ring (bicyclic) bond motifs is 1. The van der Waals surface area contributed by atoms with E-state index in [9.17, 15) is 4.79 Å². The number of H-pyrrole nitrogens is 1. The summed E-state index contributed by atoms with van der Waals surface area (Å²) in [6, 6.07) is 7.77. The summed E-state index contributed by atoms with van der Waals surface area (Å²) < 4.78 is 0. The van der Waals surface area contributed by atoms with Gasteiger partial charge >= 0.3 is 0 Å². The molecule has 1 aromatic heterocycles. The first-order chi connectivity index (χ1) is 5.42. The number of carbonyl (C=O) groups excluding carboxylic acids is 1. The van der Waals surface area contributed by atoms with Gasteiger partial charge in [0.1, 0.15) is 0 Å². The molecule has 0 saturated heterocycles. The topological polar surface area (TPSA) is 32.9 Å². The number of hydrogen-bond acceptors (Lipinski definition) is 1. The van der Waals surface area contributed by atoms with Crippen LogP contribution in [0.3, 0.4) is 0 Å². The SMILES string of the molecule is O=Cc1[nH]cc2ccccc12. The molecular weight excluding hydrogens is 138 g/mol. The van der Waals surface area contributed by atoms with Gasteiger partial charge in [-0.25, -0.2) is 0 Å². The van der Waals surface area contributed by atoms with Crippen LogP contribution in [0.2, 0.25) is 0 Å². The van der Waals surface area contributed by atoms with Crippen LogP contribution in [-0.2, 0) is 0 Å². The number of benzene rings is 1. The van der Waals surface area contributed by atoms with Gasteiger partial charge in [-0.05, 0) is 5.39 Å². The van der Waals surface area contributed by atoms with Gasteiger partial charge in [-0.15, -0.1) is 0 Å². The fourth-order valence-electron chi connectivity index (χ4n) is 1.20. The Bertz CT molecular complexity index is 389. The lowest BCUT2D eigenvalue weighted by atomic mass is 10.2. The highest BCUT2D eigenvalue weighted by Gasteiger charge is 1.98. The van der Waals surface area contributed by atoms with Crippen molar-refractivity contribution in [3.63, 3.8) is 0 Å². The number of aromatic amines is 1. The number of aromatic nitrogens is 1. The third-order valence-electron chi connectivity index (χ3n) is 1.75. The fraction of sp³-hybridized carbons (Fsp3) is 0. The fourth-order valence-corrected chi connectivity index (χ4v) is 1.20. The molecule has 0 bridgehead atoms. The Morgan fingerprint density at radius 2 is 2.09 bits per heavy atom. The van der Waals surface area contributed by atoms with Crippen molar-refractivity contribution in [3.05, 3.63) is 36.2 Å². The van der Waals surface area contributed by atoms with E-state index in [1.165, 1.54) is 0 Å². The monoisotopic (exact) mass is 145 g/mol. The Labute approximate surface area is 63.8 Å². The predicted molar refractivity (Wildman–Crippen MR) is 43.7 cm³/mol. The average Bonchev–Trinajstić information content (AvgIpc) is 2.47. The van der Waals surface area contributed by atoms with Gasteiger partial charge in [-0.2, -0.15) is 0 Å². The molecule has 0 atom stereocenters. The Hall–Kier alpha value is -1.57. The van der Waals surface area contributed by atoms with E-state index in [2.05, 4.69) is 4.98 Å². The molecule has 0 radical (unpaired) electrons. The number of rotatable bonds is 1. The van der Waals surface area contributed by atoms with E-state index in [1.54, 1.807) is 0 Å². The van der Waals surface area contributed by atoms with Crippen LogP contribution in [0.1, 0.15) is 10.5 Å². The van der Waals surface area contributed by atoms with Crippen LogP contribution < -0.4 is 0 Å². The molecule has 0 spiro atoms. The molecule has 0 aliphatic heterocycles. The summed E-state index contributed by atoms with van der Waals surface area (Å²) in [6.45, 7) is 0. The molecule has 2 rings (SSSR count). The molecule has 0 amide bonds. The van der Waals surface area contributed by atoms with Crippen molar-refractivity contribution in [2.24, 2.45) is 0 Å². The molecule has 0 aliphatic carbocycles. The smallest absolute Gasteiger partial charge is 0.166 e. The first-order valence-electron chi connectivity index (χ1n) is 3.43. The predicted octanol–water partition coefficient (Wildman–Crippen LogP) is 1.98. The van der Waals surface area contributed by atoms with Gasteiger partial charge < -0.3 is 4.98 Å². The highest BCUT2D eigenvalue weighted by Crippen LogP contribution is 2.15. The van der Waals surface area contributed by atoms with Gasteiger partial charge in [0.05, 0.1) is 5.69 Å². The van der Waals surface area contributed by atoms with E-state index in [0.717, 1.165) is 17.1 Å². The van der Waals surface area contributed by atoms with Crippen molar-refractivity contribution in [1.29, 1.82) is 0 Å². The second-order valence-corrected chi connectivity index (χ2v) is 2.41. The maximum absolute atomic E-state index is 10.5. The maximum Gasteiger partial charge on any atom is 0.166 e. The summed E-state index contributed by atoms with van der Waals surface area (Å²) in [4.78, 5) is 13.3. The average molecular weight is 145 g/mol. The van der Waals surface area contributed by atoms with Gasteiger partial charge in [-0.1, -0.05) is 24.3 Å². The number of hydrogen-bond donors (Lipinski definition) is 1. The molecule has 1 heterocycles. The van der Waals surface area contributed by atoms with E-state index in [1.807, 2.05) is 30.5 Å². The third-order valence-corrected chi connectivity index (χ3v) is 1.75. The normalized spacial score (nSPS) is 10.2. The molecule has 0 unspecified atom stereocenters. The third kappa shape index (κ3) is 0.835. The minimum Gasteiger partial charge on any atom is -0.358 e. The van der Waals surface area contributed by atoms with Crippen LogP contribution in [0.25, 0.3) is 10.8 Å². The van der Waals surface area contributed by atoms with Crippen molar-refractivity contribution in [1.82, 2.24) is 4.98 Å². The van der Waals surface area contributed by atoms with Crippen LogP contribution in [0.15, 0.2) is 30.5 Å².